The number of benzene rings is 2. The van der Waals surface area contributed by atoms with Crippen LogP contribution in [0.4, 0.5) is 4.39 Å². The monoisotopic (exact) mass is 525 g/mol. The van der Waals surface area contributed by atoms with E-state index in [9.17, 15) is 4.39 Å². The van der Waals surface area contributed by atoms with E-state index in [2.05, 4.69) is 71.2 Å². The highest BCUT2D eigenvalue weighted by molar-refractivity contribution is 6.91. The van der Waals surface area contributed by atoms with Crippen molar-refractivity contribution < 1.29 is 4.39 Å². The molecule has 38 heavy (non-hydrogen) atoms. The smallest absolute Gasteiger partial charge is 0.152 e. The van der Waals surface area contributed by atoms with E-state index in [1.807, 2.05) is 18.5 Å². The van der Waals surface area contributed by atoms with E-state index in [1.165, 1.54) is 41.3 Å². The number of fused-ring (bicyclic) bond motifs is 2. The fourth-order valence-corrected chi connectivity index (χ4v) is 10.2. The average Bonchev–Trinajstić information content (AvgIpc) is 3.34. The minimum atomic E-state index is -1.56. The molecule has 2 aromatic carbocycles. The molecule has 196 valence electrons. The normalized spacial score (nSPS) is 25.7. The number of hydrazone groups is 1. The van der Waals surface area contributed by atoms with Gasteiger partial charge < -0.3 is 14.9 Å². The first-order valence-electron chi connectivity index (χ1n) is 13.9. The molecule has 1 N–H and O–H groups in total. The summed E-state index contributed by atoms with van der Waals surface area (Å²) in [4.78, 5) is 7.03. The quantitative estimate of drug-likeness (QED) is 0.460. The molecule has 7 rings (SSSR count). The number of imidazole rings is 1. The van der Waals surface area contributed by atoms with Crippen LogP contribution in [-0.4, -0.2) is 41.4 Å². The standard InChI is InChI=1S/C31H36FN5Si/c1-21-17-36(20-33-21)27-10-5-22(26-11-14-38(3,4)28(26)27)15-23-16-31(12-13-31)19-37-29(23)35-34-18-30(37,2)24-6-8-25(32)9-7-24/h5-10,15,17,20,34H,11-14,16,18-19H2,1-4H3/b23-15+. The Morgan fingerprint density at radius 1 is 1.11 bits per heavy atom. The van der Waals surface area contributed by atoms with E-state index in [1.54, 1.807) is 17.3 Å². The first-order chi connectivity index (χ1) is 18.2. The predicted octanol–water partition coefficient (Wildman–Crippen LogP) is 5.49. The fourth-order valence-electron chi connectivity index (χ4n) is 7.05. The average molecular weight is 526 g/mol. The van der Waals surface area contributed by atoms with Crippen molar-refractivity contribution in [3.05, 3.63) is 82.7 Å². The summed E-state index contributed by atoms with van der Waals surface area (Å²) >= 11 is 0. The number of rotatable bonds is 3. The highest BCUT2D eigenvalue weighted by Gasteiger charge is 2.53. The number of piperidine rings is 1. The van der Waals surface area contributed by atoms with Gasteiger partial charge in [0.05, 0.1) is 32.2 Å². The molecule has 0 amide bonds. The van der Waals surface area contributed by atoms with Gasteiger partial charge in [0.2, 0.25) is 0 Å². The van der Waals surface area contributed by atoms with Crippen molar-refractivity contribution in [3.8, 4) is 5.69 Å². The van der Waals surface area contributed by atoms with Gasteiger partial charge in [-0.3, -0.25) is 0 Å². The summed E-state index contributed by atoms with van der Waals surface area (Å²) in [7, 11) is -1.56. The highest BCUT2D eigenvalue weighted by Crippen LogP contribution is 2.56. The Bertz CT molecular complexity index is 1500. The van der Waals surface area contributed by atoms with Gasteiger partial charge in [0.15, 0.2) is 5.84 Å². The summed E-state index contributed by atoms with van der Waals surface area (Å²) in [6.07, 6.45) is 11.3. The van der Waals surface area contributed by atoms with Crippen LogP contribution in [0.15, 0.2) is 59.6 Å². The van der Waals surface area contributed by atoms with Crippen molar-refractivity contribution in [1.82, 2.24) is 19.9 Å². The Morgan fingerprint density at radius 3 is 2.61 bits per heavy atom. The Balaban J connectivity index is 1.33. The Labute approximate surface area is 225 Å². The molecule has 1 aliphatic carbocycles. The molecule has 3 aliphatic heterocycles. The third kappa shape index (κ3) is 3.69. The summed E-state index contributed by atoms with van der Waals surface area (Å²) in [6.45, 7) is 11.1. The van der Waals surface area contributed by atoms with Crippen molar-refractivity contribution in [2.75, 3.05) is 13.1 Å². The SMILES string of the molecule is Cc1cn(-c2ccc(/C=C3\CC4(CC4)CN4C3=NNCC4(C)c3ccc(F)cc3)c3c2[Si](C)(C)CC3)cn1. The zero-order valence-electron chi connectivity index (χ0n) is 22.8. The second-order valence-electron chi connectivity index (χ2n) is 12.8. The molecular formula is C31H36FN5Si. The van der Waals surface area contributed by atoms with Crippen LogP contribution in [0.2, 0.25) is 19.1 Å². The van der Waals surface area contributed by atoms with Gasteiger partial charge >= 0.3 is 0 Å². The second kappa shape index (κ2) is 8.15. The van der Waals surface area contributed by atoms with Crippen molar-refractivity contribution in [3.63, 3.8) is 0 Å². The van der Waals surface area contributed by atoms with Gasteiger partial charge in [0.1, 0.15) is 5.82 Å². The lowest BCUT2D eigenvalue weighted by Gasteiger charge is -2.51. The van der Waals surface area contributed by atoms with Gasteiger partial charge in [-0.05, 0) is 103 Å². The summed E-state index contributed by atoms with van der Waals surface area (Å²) in [5, 5.41) is 6.48. The number of nitrogens with one attached hydrogen (secondary N) is 1. The van der Waals surface area contributed by atoms with E-state index in [-0.39, 0.29) is 11.4 Å². The molecule has 4 heterocycles. The largest absolute Gasteiger partial charge is 0.343 e. The third-order valence-electron chi connectivity index (χ3n) is 9.55. The number of aromatic nitrogens is 2. The van der Waals surface area contributed by atoms with Crippen molar-refractivity contribution in [1.29, 1.82) is 0 Å². The Kier molecular flexibility index (Phi) is 5.13. The lowest BCUT2D eigenvalue weighted by atomic mass is 9.81. The van der Waals surface area contributed by atoms with E-state index in [0.29, 0.717) is 12.0 Å². The summed E-state index contributed by atoms with van der Waals surface area (Å²) in [5.74, 6) is 0.862. The zero-order valence-corrected chi connectivity index (χ0v) is 23.8. The van der Waals surface area contributed by atoms with Gasteiger partial charge in [-0.1, -0.05) is 31.3 Å². The van der Waals surface area contributed by atoms with Crippen LogP contribution in [0.1, 0.15) is 48.6 Å². The van der Waals surface area contributed by atoms with Crippen LogP contribution >= 0.6 is 0 Å². The molecule has 0 bridgehead atoms. The van der Waals surface area contributed by atoms with E-state index in [0.717, 1.165) is 36.5 Å². The molecule has 1 saturated heterocycles. The lowest BCUT2D eigenvalue weighted by Crippen LogP contribution is -2.60. The number of aryl methyl sites for hydroxylation is 1. The maximum Gasteiger partial charge on any atom is 0.152 e. The maximum atomic E-state index is 13.8. The molecule has 1 aromatic heterocycles. The van der Waals surface area contributed by atoms with Gasteiger partial charge in [0, 0.05) is 18.4 Å². The van der Waals surface area contributed by atoms with Crippen LogP contribution in [0.25, 0.3) is 11.8 Å². The number of halogens is 1. The van der Waals surface area contributed by atoms with Crippen molar-refractivity contribution >= 4 is 25.2 Å². The van der Waals surface area contributed by atoms with Crippen molar-refractivity contribution in [2.45, 2.75) is 64.2 Å². The number of hydrogen-bond donors (Lipinski definition) is 1. The summed E-state index contributed by atoms with van der Waals surface area (Å²) in [5.41, 5.74) is 11.1. The number of amidine groups is 1. The van der Waals surface area contributed by atoms with Crippen LogP contribution in [-0.2, 0) is 12.0 Å². The van der Waals surface area contributed by atoms with E-state index in [4.69, 9.17) is 5.10 Å². The summed E-state index contributed by atoms with van der Waals surface area (Å²) < 4.78 is 16.0. The second-order valence-corrected chi connectivity index (χ2v) is 17.6. The molecule has 7 heteroatoms. The molecule has 2 fully saturated rings. The molecule has 4 aliphatic rings. The van der Waals surface area contributed by atoms with Gasteiger partial charge in [0.25, 0.3) is 0 Å². The topological polar surface area (TPSA) is 45.5 Å². The first-order valence-corrected chi connectivity index (χ1v) is 17.1. The van der Waals surface area contributed by atoms with Crippen LogP contribution in [0, 0.1) is 18.2 Å². The Hall–Kier alpha value is -3.19. The molecular weight excluding hydrogens is 489 g/mol. The Morgan fingerprint density at radius 2 is 1.89 bits per heavy atom. The minimum Gasteiger partial charge on any atom is -0.343 e. The summed E-state index contributed by atoms with van der Waals surface area (Å²) in [6, 6.07) is 13.0. The minimum absolute atomic E-state index is 0.192. The van der Waals surface area contributed by atoms with Crippen molar-refractivity contribution in [2.24, 2.45) is 10.5 Å². The predicted molar refractivity (Wildman–Crippen MR) is 154 cm³/mol. The van der Waals surface area contributed by atoms with Crippen LogP contribution in [0.3, 0.4) is 0 Å². The molecule has 1 saturated carbocycles. The molecule has 1 unspecified atom stereocenters. The van der Waals surface area contributed by atoms with Gasteiger partial charge in [-0.2, -0.15) is 5.10 Å². The fraction of sp³-hybridized carbons (Fsp3) is 0.419. The number of nitrogens with zero attached hydrogens (tertiary/aromatic N) is 4. The van der Waals surface area contributed by atoms with Gasteiger partial charge in [-0.15, -0.1) is 0 Å². The highest BCUT2D eigenvalue weighted by atomic mass is 28.3. The molecule has 0 radical (unpaired) electrons. The van der Waals surface area contributed by atoms with Crippen LogP contribution < -0.4 is 10.6 Å². The molecule has 3 aromatic rings. The van der Waals surface area contributed by atoms with E-state index < -0.39 is 8.07 Å². The van der Waals surface area contributed by atoms with Gasteiger partial charge in [-0.25, -0.2) is 9.37 Å². The molecule has 5 nitrogen and oxygen atoms in total. The first kappa shape index (κ1) is 23.9. The molecule has 1 spiro atoms. The van der Waals surface area contributed by atoms with E-state index >= 15 is 0 Å². The zero-order chi connectivity index (χ0) is 26.3. The maximum absolute atomic E-state index is 13.8. The third-order valence-corrected chi connectivity index (χ3v) is 13.0. The number of hydrogen-bond acceptors (Lipinski definition) is 4. The lowest BCUT2D eigenvalue weighted by molar-refractivity contribution is 0.130. The molecule has 1 atom stereocenters. The van der Waals surface area contributed by atoms with Crippen LogP contribution in [0.5, 0.6) is 0 Å².